The zero-order valence-electron chi connectivity index (χ0n) is 15.8. The van der Waals surface area contributed by atoms with Gasteiger partial charge in [-0.25, -0.2) is 9.59 Å². The Labute approximate surface area is 176 Å². The van der Waals surface area contributed by atoms with Crippen LogP contribution in [-0.2, 0) is 23.8 Å². The summed E-state index contributed by atoms with van der Waals surface area (Å²) in [5, 5.41) is 0. The van der Waals surface area contributed by atoms with Crippen molar-refractivity contribution in [2.24, 2.45) is 0 Å². The highest BCUT2D eigenvalue weighted by Crippen LogP contribution is 2.31. The minimum absolute atomic E-state index is 0.0124. The van der Waals surface area contributed by atoms with Crippen molar-refractivity contribution in [2.45, 2.75) is 0 Å². The van der Waals surface area contributed by atoms with Gasteiger partial charge in [-0.15, -0.1) is 0 Å². The molecule has 1 heterocycles. The van der Waals surface area contributed by atoms with Crippen molar-refractivity contribution in [3.63, 3.8) is 0 Å². The summed E-state index contributed by atoms with van der Waals surface area (Å²) >= 11 is 3.35. The largest absolute Gasteiger partial charge is 0.466 e. The molecule has 0 fully saturated rings. The molecule has 3 rings (SSSR count). The average Bonchev–Trinajstić information content (AvgIpc) is 2.77. The molecule has 8 heteroatoms. The normalized spacial score (nSPS) is 13.8. The van der Waals surface area contributed by atoms with Crippen LogP contribution in [0.5, 0.6) is 0 Å². The van der Waals surface area contributed by atoms with Crippen molar-refractivity contribution in [3.05, 3.63) is 75.4 Å². The quantitative estimate of drug-likeness (QED) is 0.501. The van der Waals surface area contributed by atoms with Crippen LogP contribution in [0.2, 0.25) is 0 Å². The number of hydrogen-bond acceptors (Lipinski definition) is 7. The molecule has 0 radical (unpaired) electrons. The van der Waals surface area contributed by atoms with E-state index in [1.54, 1.807) is 48.5 Å². The summed E-state index contributed by atoms with van der Waals surface area (Å²) in [6.07, 6.45) is 0. The predicted molar refractivity (Wildman–Crippen MR) is 108 cm³/mol. The van der Waals surface area contributed by atoms with E-state index < -0.39 is 11.9 Å². The van der Waals surface area contributed by atoms with Crippen LogP contribution in [0.4, 0.5) is 5.69 Å². The molecule has 0 aromatic heterocycles. The second kappa shape index (κ2) is 9.02. The van der Waals surface area contributed by atoms with Gasteiger partial charge in [0, 0.05) is 15.6 Å². The predicted octanol–water partition coefficient (Wildman–Crippen LogP) is 3.07. The lowest BCUT2D eigenvalue weighted by Gasteiger charge is -2.32. The number of halogens is 1. The molecule has 0 aliphatic carbocycles. The summed E-state index contributed by atoms with van der Waals surface area (Å²) in [7, 11) is 2.44. The van der Waals surface area contributed by atoms with Crippen LogP contribution < -0.4 is 4.90 Å². The van der Waals surface area contributed by atoms with E-state index in [1.165, 1.54) is 19.1 Å². The maximum absolute atomic E-state index is 13.1. The Morgan fingerprint density at radius 2 is 1.62 bits per heavy atom. The Morgan fingerprint density at radius 1 is 0.966 bits per heavy atom. The molecule has 0 saturated heterocycles. The standard InChI is InChI=1S/C21H18BrNO6/c1-27-20(25)16-11-29-12-23(18(16)21(26)28-2)17-6-4-3-5-15(17)19(24)13-7-9-14(22)10-8-13/h3-10H,11-12H2,1-2H3. The monoisotopic (exact) mass is 459 g/mol. The van der Waals surface area contributed by atoms with Gasteiger partial charge in [0.15, 0.2) is 5.78 Å². The van der Waals surface area contributed by atoms with Crippen LogP contribution >= 0.6 is 15.9 Å². The van der Waals surface area contributed by atoms with E-state index in [1.807, 2.05) is 0 Å². The van der Waals surface area contributed by atoms with E-state index in [9.17, 15) is 14.4 Å². The van der Waals surface area contributed by atoms with Gasteiger partial charge >= 0.3 is 11.9 Å². The summed E-state index contributed by atoms with van der Waals surface area (Å²) in [4.78, 5) is 39.3. The fourth-order valence-corrected chi connectivity index (χ4v) is 3.26. The van der Waals surface area contributed by atoms with Crippen molar-refractivity contribution in [3.8, 4) is 0 Å². The SMILES string of the molecule is COC(=O)C1=C(C(=O)OC)N(c2ccccc2C(=O)c2ccc(Br)cc2)COC1. The number of ether oxygens (including phenoxy) is 3. The summed E-state index contributed by atoms with van der Waals surface area (Å²) in [6.45, 7) is -0.133. The lowest BCUT2D eigenvalue weighted by molar-refractivity contribution is -0.140. The number of carbonyl (C=O) groups excluding carboxylic acids is 3. The van der Waals surface area contributed by atoms with E-state index in [0.29, 0.717) is 16.8 Å². The van der Waals surface area contributed by atoms with Crippen molar-refractivity contribution in [1.29, 1.82) is 0 Å². The van der Waals surface area contributed by atoms with Gasteiger partial charge < -0.3 is 19.1 Å². The molecule has 1 aliphatic rings. The van der Waals surface area contributed by atoms with Gasteiger partial charge in [0.1, 0.15) is 12.4 Å². The van der Waals surface area contributed by atoms with E-state index in [4.69, 9.17) is 14.2 Å². The lowest BCUT2D eigenvalue weighted by Crippen LogP contribution is -2.39. The minimum atomic E-state index is -0.723. The maximum Gasteiger partial charge on any atom is 0.355 e. The third-order valence-electron chi connectivity index (χ3n) is 4.38. The molecule has 1 aliphatic heterocycles. The van der Waals surface area contributed by atoms with Gasteiger partial charge in [-0.05, 0) is 36.4 Å². The molecule has 7 nitrogen and oxygen atoms in total. The first kappa shape index (κ1) is 20.8. The number of nitrogens with zero attached hydrogens (tertiary/aromatic N) is 1. The highest BCUT2D eigenvalue weighted by atomic mass is 79.9. The highest BCUT2D eigenvalue weighted by molar-refractivity contribution is 9.10. The Balaban J connectivity index is 2.12. The maximum atomic E-state index is 13.1. The first-order chi connectivity index (χ1) is 14.0. The second-order valence-corrected chi connectivity index (χ2v) is 6.98. The van der Waals surface area contributed by atoms with Crippen LogP contribution in [0.25, 0.3) is 0 Å². The number of methoxy groups -OCH3 is 2. The smallest absolute Gasteiger partial charge is 0.355 e. The van der Waals surface area contributed by atoms with Crippen molar-refractivity contribution >= 4 is 39.3 Å². The lowest BCUT2D eigenvalue weighted by atomic mass is 10.00. The van der Waals surface area contributed by atoms with E-state index in [2.05, 4.69) is 15.9 Å². The molecule has 0 saturated carbocycles. The molecular weight excluding hydrogens is 442 g/mol. The molecule has 0 spiro atoms. The number of ketones is 1. The van der Waals surface area contributed by atoms with E-state index >= 15 is 0 Å². The molecule has 0 atom stereocenters. The Morgan fingerprint density at radius 3 is 2.28 bits per heavy atom. The Hall–Kier alpha value is -2.97. The van der Waals surface area contributed by atoms with Crippen LogP contribution in [-0.4, -0.2) is 45.3 Å². The molecule has 0 amide bonds. The first-order valence-corrected chi connectivity index (χ1v) is 9.41. The van der Waals surface area contributed by atoms with Crippen LogP contribution in [0.1, 0.15) is 15.9 Å². The van der Waals surface area contributed by atoms with Gasteiger partial charge in [0.25, 0.3) is 0 Å². The van der Waals surface area contributed by atoms with Crippen molar-refractivity contribution in [2.75, 3.05) is 32.5 Å². The summed E-state index contributed by atoms with van der Waals surface area (Å²) in [6, 6.07) is 13.7. The molecule has 0 unspecified atom stereocenters. The number of esters is 2. The number of para-hydroxylation sites is 1. The molecular formula is C21H18BrNO6. The third kappa shape index (κ3) is 4.23. The Kier molecular flexibility index (Phi) is 6.46. The fourth-order valence-electron chi connectivity index (χ4n) is 2.99. The van der Waals surface area contributed by atoms with Gasteiger partial charge in [0.05, 0.1) is 32.1 Å². The fraction of sp³-hybridized carbons (Fsp3) is 0.190. The minimum Gasteiger partial charge on any atom is -0.466 e. The molecule has 0 N–H and O–H groups in total. The summed E-state index contributed by atoms with van der Waals surface area (Å²) in [5.41, 5.74) is 1.27. The second-order valence-electron chi connectivity index (χ2n) is 6.07. The number of anilines is 1. The van der Waals surface area contributed by atoms with E-state index in [-0.39, 0.29) is 30.4 Å². The molecule has 2 aromatic carbocycles. The van der Waals surface area contributed by atoms with Crippen LogP contribution in [0, 0.1) is 0 Å². The average molecular weight is 460 g/mol. The summed E-state index contributed by atoms with van der Waals surface area (Å²) < 4.78 is 16.0. The number of benzene rings is 2. The van der Waals surface area contributed by atoms with Gasteiger partial charge in [0.2, 0.25) is 0 Å². The number of rotatable bonds is 5. The molecule has 29 heavy (non-hydrogen) atoms. The topological polar surface area (TPSA) is 82.1 Å². The first-order valence-electron chi connectivity index (χ1n) is 8.62. The molecule has 2 aromatic rings. The van der Waals surface area contributed by atoms with Crippen LogP contribution in [0.15, 0.2) is 64.3 Å². The zero-order chi connectivity index (χ0) is 21.0. The van der Waals surface area contributed by atoms with Crippen LogP contribution in [0.3, 0.4) is 0 Å². The van der Waals surface area contributed by atoms with Gasteiger partial charge in [-0.3, -0.25) is 4.79 Å². The van der Waals surface area contributed by atoms with Crippen molar-refractivity contribution < 1.29 is 28.6 Å². The number of hydrogen-bond donors (Lipinski definition) is 0. The van der Waals surface area contributed by atoms with Crippen molar-refractivity contribution in [1.82, 2.24) is 0 Å². The summed E-state index contributed by atoms with van der Waals surface area (Å²) in [5.74, 6) is -1.66. The zero-order valence-corrected chi connectivity index (χ0v) is 17.4. The third-order valence-corrected chi connectivity index (χ3v) is 4.91. The Bertz CT molecular complexity index is 983. The van der Waals surface area contributed by atoms with Gasteiger partial charge in [-0.2, -0.15) is 0 Å². The molecule has 0 bridgehead atoms. The number of carbonyl (C=O) groups is 3. The van der Waals surface area contributed by atoms with Gasteiger partial charge in [-0.1, -0.05) is 28.1 Å². The highest BCUT2D eigenvalue weighted by Gasteiger charge is 2.34. The molecule has 150 valence electrons. The van der Waals surface area contributed by atoms with E-state index in [0.717, 1.165) is 4.47 Å².